The maximum atomic E-state index is 15.9. The molecule has 4 aliphatic rings. The summed E-state index contributed by atoms with van der Waals surface area (Å²) in [4.78, 5) is 129. The fraction of sp³-hybridized carbons (Fsp3) is 0.677. The van der Waals surface area contributed by atoms with Crippen LogP contribution in [-0.4, -0.2) is 200 Å². The molecule has 0 spiro atoms. The molecule has 6 atom stereocenters. The summed E-state index contributed by atoms with van der Waals surface area (Å²) < 4.78 is 70.7. The lowest BCUT2D eigenvalue weighted by Crippen LogP contribution is -2.53. The van der Waals surface area contributed by atoms with Crippen molar-refractivity contribution in [3.63, 3.8) is 0 Å². The van der Waals surface area contributed by atoms with E-state index < -0.39 is 133 Å². The minimum absolute atomic E-state index is 0.0338. The molecule has 0 bridgehead atoms. The van der Waals surface area contributed by atoms with Gasteiger partial charge in [-0.15, -0.1) is 0 Å². The zero-order valence-corrected chi connectivity index (χ0v) is 53.1. The van der Waals surface area contributed by atoms with Crippen molar-refractivity contribution in [2.45, 2.75) is 204 Å². The number of carbonyl (C=O) groups is 9. The van der Waals surface area contributed by atoms with Gasteiger partial charge in [0.2, 0.25) is 0 Å². The Morgan fingerprint density at radius 1 is 0.511 bits per heavy atom. The predicted molar refractivity (Wildman–Crippen MR) is 317 cm³/mol. The molecule has 4 amide bonds. The number of ether oxygens (including phenoxy) is 7. The Kier molecular flexibility index (Phi) is 24.9. The van der Waals surface area contributed by atoms with Gasteiger partial charge in [-0.3, -0.25) is 19.3 Å². The van der Waals surface area contributed by atoms with E-state index in [0.717, 1.165) is 69.3 Å². The van der Waals surface area contributed by atoms with Crippen LogP contribution in [0, 0.1) is 11.8 Å². The fourth-order valence-electron chi connectivity index (χ4n) is 10.9. The van der Waals surface area contributed by atoms with Crippen LogP contribution in [0.1, 0.15) is 160 Å². The molecule has 0 aromatic heterocycles. The SMILES string of the molecule is CN(C(=O)COC(=O)C(CC1CC1)N(C)C(=O)C(Cc1ccc(C2CCOCC2)cc1)OC(=O)C(CC(C)(C)F)N(C)C(=O)OC(C)(C)C)C(CC(C)(C)F)C(=O)OC(Cc1ccc(C2CCOCC2)cc1)C(=O)N(C)C(CC1CC1)C(=O)OCC(=O)O. The number of halogens is 2. The Morgan fingerprint density at radius 3 is 1.22 bits per heavy atom. The number of aliphatic carboxylic acids is 1. The first kappa shape index (κ1) is 70.3. The third-order valence-corrected chi connectivity index (χ3v) is 16.5. The summed E-state index contributed by atoms with van der Waals surface area (Å²) in [5.74, 6) is -7.89. The number of carbonyl (C=O) groups excluding carboxylic acids is 8. The molecular formula is C65H92F2N4O17. The first-order valence-corrected chi connectivity index (χ1v) is 30.7. The van der Waals surface area contributed by atoms with Gasteiger partial charge in [0, 0.05) is 80.3 Å². The van der Waals surface area contributed by atoms with Crippen molar-refractivity contribution in [3.05, 3.63) is 70.8 Å². The van der Waals surface area contributed by atoms with Crippen molar-refractivity contribution in [1.29, 1.82) is 0 Å². The van der Waals surface area contributed by atoms with Gasteiger partial charge in [-0.25, -0.2) is 37.5 Å². The standard InChI is InChI=1S/C65H92F2N4O17/c1-63(2,3)88-62(81)71(11)51(37-65(6,7)67)61(80)87-53(35-43-18-22-45(23-19-43)47-26-30-83-31-27-47)57(76)69(9)48(32-40-12-13-40)58(77)84-38-54(72)68(8)50(36-64(4,5)66)60(79)86-52(34-42-16-20-44(21-17-42)46-24-28-82-29-25-46)56(75)70(10)49(33-41-14-15-41)59(78)85-39-55(73)74/h16-23,40-41,46-53H,12-15,24-39H2,1-11H3,(H,73,74). The van der Waals surface area contributed by atoms with E-state index in [1.807, 2.05) is 24.3 Å². The van der Waals surface area contributed by atoms with Crippen LogP contribution in [0.4, 0.5) is 13.6 Å². The summed E-state index contributed by atoms with van der Waals surface area (Å²) in [7, 11) is 5.09. The van der Waals surface area contributed by atoms with Crippen molar-refractivity contribution < 1.29 is 90.2 Å². The smallest absolute Gasteiger partial charge is 0.410 e. The highest BCUT2D eigenvalue weighted by atomic mass is 19.1. The Balaban J connectivity index is 1.23. The minimum Gasteiger partial charge on any atom is -0.479 e. The number of likely N-dealkylation sites (N-methyl/N-ethyl adjacent to an activating group) is 4. The summed E-state index contributed by atoms with van der Waals surface area (Å²) in [6.07, 6.45) is 0.614. The summed E-state index contributed by atoms with van der Waals surface area (Å²) in [6, 6.07) is 8.95. The summed E-state index contributed by atoms with van der Waals surface area (Å²) >= 11 is 0. The van der Waals surface area contributed by atoms with Crippen LogP contribution >= 0.6 is 0 Å². The van der Waals surface area contributed by atoms with Crippen LogP contribution in [0.5, 0.6) is 0 Å². The number of carboxylic acid groups (broad SMARTS) is 1. The average molecular weight is 1240 g/mol. The van der Waals surface area contributed by atoms with Gasteiger partial charge >= 0.3 is 35.9 Å². The third kappa shape index (κ3) is 22.1. The molecule has 2 saturated carbocycles. The van der Waals surface area contributed by atoms with E-state index in [0.29, 0.717) is 50.4 Å². The molecule has 4 fully saturated rings. The van der Waals surface area contributed by atoms with E-state index in [1.54, 1.807) is 45.0 Å². The van der Waals surface area contributed by atoms with Crippen molar-refractivity contribution >= 4 is 53.7 Å². The molecule has 23 heteroatoms. The molecule has 0 radical (unpaired) electrons. The van der Waals surface area contributed by atoms with Gasteiger partial charge in [-0.1, -0.05) is 74.2 Å². The van der Waals surface area contributed by atoms with Gasteiger partial charge in [-0.2, -0.15) is 0 Å². The first-order valence-electron chi connectivity index (χ1n) is 30.7. The molecule has 2 aromatic carbocycles. The number of hydrogen-bond donors (Lipinski definition) is 1. The van der Waals surface area contributed by atoms with Gasteiger partial charge in [0.05, 0.1) is 0 Å². The predicted octanol–water partition coefficient (Wildman–Crippen LogP) is 7.85. The Morgan fingerprint density at radius 2 is 0.875 bits per heavy atom. The van der Waals surface area contributed by atoms with Crippen molar-refractivity contribution in [2.24, 2.45) is 11.8 Å². The number of benzene rings is 2. The lowest BCUT2D eigenvalue weighted by Gasteiger charge is -2.34. The van der Waals surface area contributed by atoms with Crippen LogP contribution < -0.4 is 0 Å². The highest BCUT2D eigenvalue weighted by Gasteiger charge is 2.44. The number of amides is 4. The second kappa shape index (κ2) is 31.1. The number of alkyl halides is 2. The van der Waals surface area contributed by atoms with Crippen LogP contribution in [-0.2, 0) is 84.4 Å². The maximum Gasteiger partial charge on any atom is 0.410 e. The molecule has 88 heavy (non-hydrogen) atoms. The number of carboxylic acids is 1. The zero-order valence-electron chi connectivity index (χ0n) is 53.1. The maximum absolute atomic E-state index is 15.9. The molecule has 2 saturated heterocycles. The number of rotatable bonds is 30. The average Bonchev–Trinajstić information content (AvgIpc) is 3.17. The van der Waals surface area contributed by atoms with E-state index in [4.69, 9.17) is 33.2 Å². The van der Waals surface area contributed by atoms with Gasteiger partial charge in [0.1, 0.15) is 41.1 Å². The van der Waals surface area contributed by atoms with Gasteiger partial charge in [0.15, 0.2) is 25.4 Å². The number of esters is 4. The minimum atomic E-state index is -2.13. The molecule has 6 unspecified atom stereocenters. The second-order valence-electron chi connectivity index (χ2n) is 26.4. The highest BCUT2D eigenvalue weighted by molar-refractivity contribution is 5.93. The Bertz CT molecular complexity index is 2720. The number of hydrogen-bond acceptors (Lipinski definition) is 16. The van der Waals surface area contributed by atoms with E-state index >= 15 is 8.78 Å². The van der Waals surface area contributed by atoms with Crippen LogP contribution in [0.25, 0.3) is 0 Å². The molecule has 6 rings (SSSR count). The molecule has 2 aromatic rings. The Labute approximate surface area is 515 Å². The summed E-state index contributed by atoms with van der Waals surface area (Å²) in [5, 5.41) is 9.27. The Hall–Kier alpha value is -6.75. The normalized spacial score (nSPS) is 18.0. The van der Waals surface area contributed by atoms with E-state index in [9.17, 15) is 48.3 Å². The van der Waals surface area contributed by atoms with Crippen molar-refractivity contribution in [1.82, 2.24) is 19.6 Å². The van der Waals surface area contributed by atoms with E-state index in [-0.39, 0.29) is 49.4 Å². The highest BCUT2D eigenvalue weighted by Crippen LogP contribution is 2.37. The zero-order chi connectivity index (χ0) is 64.8. The van der Waals surface area contributed by atoms with Gasteiger partial charge < -0.3 is 53.0 Å². The molecule has 21 nitrogen and oxygen atoms in total. The van der Waals surface area contributed by atoms with Crippen LogP contribution in [0.15, 0.2) is 48.5 Å². The third-order valence-electron chi connectivity index (χ3n) is 16.5. The number of nitrogens with zero attached hydrogens (tertiary/aromatic N) is 4. The lowest BCUT2D eigenvalue weighted by molar-refractivity contribution is -0.172. The molecule has 2 aliphatic heterocycles. The van der Waals surface area contributed by atoms with E-state index in [2.05, 4.69) is 0 Å². The molecule has 488 valence electrons. The van der Waals surface area contributed by atoms with Crippen LogP contribution in [0.2, 0.25) is 0 Å². The van der Waals surface area contributed by atoms with E-state index in [1.165, 1.54) is 55.9 Å². The molecule has 1 N–H and O–H groups in total. The van der Waals surface area contributed by atoms with Gasteiger partial charge in [-0.05, 0) is 133 Å². The lowest BCUT2D eigenvalue weighted by atomic mass is 9.90. The molecule has 2 aliphatic carbocycles. The van der Waals surface area contributed by atoms with Crippen molar-refractivity contribution in [3.8, 4) is 0 Å². The van der Waals surface area contributed by atoms with Crippen LogP contribution in [0.3, 0.4) is 0 Å². The van der Waals surface area contributed by atoms with Crippen molar-refractivity contribution in [2.75, 3.05) is 67.8 Å². The first-order chi connectivity index (χ1) is 41.3. The molecule has 2 heterocycles. The largest absolute Gasteiger partial charge is 0.479 e. The summed E-state index contributed by atoms with van der Waals surface area (Å²) in [5.41, 5.74) is -1.89. The molecular weight excluding hydrogens is 1150 g/mol. The van der Waals surface area contributed by atoms with Gasteiger partial charge in [0.25, 0.3) is 17.7 Å². The monoisotopic (exact) mass is 1240 g/mol. The quantitative estimate of drug-likeness (QED) is 0.0577. The fourth-order valence-corrected chi connectivity index (χ4v) is 10.9. The topological polar surface area (TPSA) is 251 Å². The summed E-state index contributed by atoms with van der Waals surface area (Å²) in [6.45, 7) is 10.2. The second-order valence-corrected chi connectivity index (χ2v) is 26.4.